The molecule has 0 aliphatic rings. The van der Waals surface area contributed by atoms with Crippen molar-refractivity contribution in [1.82, 2.24) is 9.97 Å². The second kappa shape index (κ2) is 5.17. The summed E-state index contributed by atoms with van der Waals surface area (Å²) in [6.45, 7) is 1.84. The van der Waals surface area contributed by atoms with Gasteiger partial charge in [-0.2, -0.15) is 5.26 Å². The molecule has 0 saturated carbocycles. The summed E-state index contributed by atoms with van der Waals surface area (Å²) in [5.74, 6) is 0. The molecule has 0 unspecified atom stereocenters. The number of hydrogen-bond acceptors (Lipinski definition) is 4. The Morgan fingerprint density at radius 1 is 1.24 bits per heavy atom. The Labute approximate surface area is 108 Å². The summed E-state index contributed by atoms with van der Waals surface area (Å²) in [5.41, 5.74) is 1.17. The number of aryl methyl sites for hydroxylation is 1. The third-order valence-corrected chi connectivity index (χ3v) is 3.10. The van der Waals surface area contributed by atoms with Crippen LogP contribution in [-0.4, -0.2) is 9.97 Å². The summed E-state index contributed by atoms with van der Waals surface area (Å²) in [4.78, 5) is 9.38. The Morgan fingerprint density at radius 3 is 2.59 bits per heavy atom. The summed E-state index contributed by atoms with van der Waals surface area (Å²) >= 11 is 7.21. The smallest absolute Gasteiger partial charge is 0.193 e. The maximum absolute atomic E-state index is 8.82. The van der Waals surface area contributed by atoms with E-state index in [-0.39, 0.29) is 0 Å². The number of hydrogen-bond donors (Lipinski definition) is 0. The van der Waals surface area contributed by atoms with Gasteiger partial charge in [-0.1, -0.05) is 11.6 Å². The van der Waals surface area contributed by atoms with Crippen molar-refractivity contribution in [3.05, 3.63) is 46.7 Å². The van der Waals surface area contributed by atoms with Gasteiger partial charge in [0.25, 0.3) is 0 Å². The average Bonchev–Trinajstić information content (AvgIpc) is 2.31. The first kappa shape index (κ1) is 11.9. The normalized spacial score (nSPS) is 9.94. The van der Waals surface area contributed by atoms with Crippen LogP contribution in [-0.2, 0) is 0 Å². The van der Waals surface area contributed by atoms with Crippen LogP contribution in [0.1, 0.15) is 11.4 Å². The molecule has 0 aliphatic carbocycles. The highest BCUT2D eigenvalue weighted by Gasteiger charge is 2.04. The second-order valence-corrected chi connectivity index (χ2v) is 4.82. The highest BCUT2D eigenvalue weighted by Crippen LogP contribution is 2.26. The Bertz CT molecular complexity index is 575. The monoisotopic (exact) mass is 261 g/mol. The van der Waals surface area contributed by atoms with Crippen molar-refractivity contribution in [3.8, 4) is 6.07 Å². The molecule has 5 heteroatoms. The number of nitrogens with zero attached hydrogens (tertiary/aromatic N) is 3. The quantitative estimate of drug-likeness (QED) is 0.777. The standard InChI is InChI=1S/C12H8ClN3S/c1-8-6-10(7-14)16-12(15-8)17-11-4-2-9(13)3-5-11/h2-6H,1H3. The van der Waals surface area contributed by atoms with E-state index in [9.17, 15) is 0 Å². The first-order valence-electron chi connectivity index (χ1n) is 4.86. The van der Waals surface area contributed by atoms with Gasteiger partial charge in [0, 0.05) is 15.6 Å². The van der Waals surface area contributed by atoms with Crippen molar-refractivity contribution in [3.63, 3.8) is 0 Å². The fourth-order valence-corrected chi connectivity index (χ4v) is 2.19. The molecule has 84 valence electrons. The fourth-order valence-electron chi connectivity index (χ4n) is 1.25. The van der Waals surface area contributed by atoms with Crippen molar-refractivity contribution >= 4 is 23.4 Å². The van der Waals surface area contributed by atoms with Crippen LogP contribution in [0.5, 0.6) is 0 Å². The minimum atomic E-state index is 0.383. The van der Waals surface area contributed by atoms with Crippen molar-refractivity contribution in [1.29, 1.82) is 5.26 Å². The number of aromatic nitrogens is 2. The van der Waals surface area contributed by atoms with Crippen LogP contribution in [0.25, 0.3) is 0 Å². The lowest BCUT2D eigenvalue weighted by atomic mass is 10.4. The van der Waals surface area contributed by atoms with Gasteiger partial charge in [-0.15, -0.1) is 0 Å². The lowest BCUT2D eigenvalue weighted by molar-refractivity contribution is 0.919. The zero-order chi connectivity index (χ0) is 12.3. The number of nitriles is 1. The van der Waals surface area contributed by atoms with Gasteiger partial charge in [-0.3, -0.25) is 0 Å². The van der Waals surface area contributed by atoms with Crippen LogP contribution in [0.2, 0.25) is 5.02 Å². The van der Waals surface area contributed by atoms with Gasteiger partial charge in [0.1, 0.15) is 11.8 Å². The minimum absolute atomic E-state index is 0.383. The molecule has 0 spiro atoms. The molecule has 2 aromatic rings. The minimum Gasteiger partial charge on any atom is -0.228 e. The Morgan fingerprint density at radius 2 is 1.94 bits per heavy atom. The summed E-state index contributed by atoms with van der Waals surface area (Å²) in [7, 11) is 0. The summed E-state index contributed by atoms with van der Waals surface area (Å²) < 4.78 is 0. The molecule has 1 aromatic carbocycles. The van der Waals surface area contributed by atoms with Crippen molar-refractivity contribution in [2.45, 2.75) is 17.0 Å². The SMILES string of the molecule is Cc1cc(C#N)nc(Sc2ccc(Cl)cc2)n1. The van der Waals surface area contributed by atoms with Gasteiger partial charge < -0.3 is 0 Å². The van der Waals surface area contributed by atoms with E-state index in [1.807, 2.05) is 37.3 Å². The van der Waals surface area contributed by atoms with Gasteiger partial charge in [0.2, 0.25) is 0 Å². The Hall–Kier alpha value is -1.57. The number of halogens is 1. The number of rotatable bonds is 2. The first-order chi connectivity index (χ1) is 8.17. The maximum Gasteiger partial charge on any atom is 0.193 e. The third-order valence-electron chi connectivity index (χ3n) is 1.97. The van der Waals surface area contributed by atoms with Gasteiger partial charge >= 0.3 is 0 Å². The maximum atomic E-state index is 8.82. The molecular formula is C12H8ClN3S. The molecule has 0 aliphatic heterocycles. The topological polar surface area (TPSA) is 49.6 Å². The molecule has 1 aromatic heterocycles. The van der Waals surface area contributed by atoms with Crippen molar-refractivity contribution in [2.24, 2.45) is 0 Å². The van der Waals surface area contributed by atoms with E-state index in [1.54, 1.807) is 6.07 Å². The summed E-state index contributed by atoms with van der Waals surface area (Å²) in [5, 5.41) is 10.1. The van der Waals surface area contributed by atoms with E-state index in [0.29, 0.717) is 15.9 Å². The lowest BCUT2D eigenvalue weighted by Crippen LogP contribution is -1.93. The van der Waals surface area contributed by atoms with E-state index >= 15 is 0 Å². The van der Waals surface area contributed by atoms with Crippen LogP contribution < -0.4 is 0 Å². The summed E-state index contributed by atoms with van der Waals surface area (Å²) in [6.07, 6.45) is 0. The largest absolute Gasteiger partial charge is 0.228 e. The molecule has 0 atom stereocenters. The van der Waals surface area contributed by atoms with Crippen LogP contribution in [0, 0.1) is 18.3 Å². The molecule has 0 bridgehead atoms. The molecular weight excluding hydrogens is 254 g/mol. The molecule has 0 fully saturated rings. The van der Waals surface area contributed by atoms with Gasteiger partial charge in [0.05, 0.1) is 0 Å². The van der Waals surface area contributed by atoms with Gasteiger partial charge in [-0.25, -0.2) is 9.97 Å². The Kier molecular flexibility index (Phi) is 3.62. The van der Waals surface area contributed by atoms with Crippen LogP contribution in [0.4, 0.5) is 0 Å². The predicted octanol–water partition coefficient (Wildman–Crippen LogP) is 3.46. The van der Waals surface area contributed by atoms with Crippen LogP contribution >= 0.6 is 23.4 Å². The third kappa shape index (κ3) is 3.19. The van der Waals surface area contributed by atoms with Gasteiger partial charge in [0.15, 0.2) is 5.16 Å². The predicted molar refractivity (Wildman–Crippen MR) is 67.1 cm³/mol. The molecule has 1 heterocycles. The van der Waals surface area contributed by atoms with Crippen LogP contribution in [0.15, 0.2) is 40.4 Å². The molecule has 17 heavy (non-hydrogen) atoms. The molecule has 0 saturated heterocycles. The van der Waals surface area contributed by atoms with E-state index in [1.165, 1.54) is 11.8 Å². The Balaban J connectivity index is 2.27. The number of benzene rings is 1. The second-order valence-electron chi connectivity index (χ2n) is 3.34. The zero-order valence-corrected chi connectivity index (χ0v) is 10.6. The fraction of sp³-hybridized carbons (Fsp3) is 0.0833. The van der Waals surface area contributed by atoms with Crippen LogP contribution in [0.3, 0.4) is 0 Å². The zero-order valence-electron chi connectivity index (χ0n) is 9.01. The van der Waals surface area contributed by atoms with Gasteiger partial charge in [-0.05, 0) is 49.0 Å². The lowest BCUT2D eigenvalue weighted by Gasteiger charge is -2.01. The highest BCUT2D eigenvalue weighted by molar-refractivity contribution is 7.99. The van der Waals surface area contributed by atoms with E-state index in [4.69, 9.17) is 16.9 Å². The average molecular weight is 262 g/mol. The van der Waals surface area contributed by atoms with Crippen molar-refractivity contribution in [2.75, 3.05) is 0 Å². The molecule has 3 nitrogen and oxygen atoms in total. The highest BCUT2D eigenvalue weighted by atomic mass is 35.5. The molecule has 0 N–H and O–H groups in total. The first-order valence-corrected chi connectivity index (χ1v) is 6.06. The summed E-state index contributed by atoms with van der Waals surface area (Å²) in [6, 6.07) is 11.1. The van der Waals surface area contributed by atoms with Crippen molar-refractivity contribution < 1.29 is 0 Å². The van der Waals surface area contributed by atoms with E-state index < -0.39 is 0 Å². The molecule has 2 rings (SSSR count). The molecule has 0 amide bonds. The van der Waals surface area contributed by atoms with E-state index in [2.05, 4.69) is 9.97 Å². The van der Waals surface area contributed by atoms with E-state index in [0.717, 1.165) is 10.6 Å². The molecule has 0 radical (unpaired) electrons.